The number of aliphatic hydroxyl groups is 1. The lowest BCUT2D eigenvalue weighted by Gasteiger charge is -2.20. The molecule has 6 heteroatoms. The quantitative estimate of drug-likeness (QED) is 0.717. The van der Waals surface area contributed by atoms with Crippen molar-refractivity contribution in [3.8, 4) is 0 Å². The minimum atomic E-state index is -0.592. The number of nitrogens with zero attached hydrogens (tertiary/aromatic N) is 1. The number of pyridine rings is 1. The van der Waals surface area contributed by atoms with Crippen LogP contribution in [0.1, 0.15) is 40.4 Å². The molecule has 1 amide bonds. The SMILES string of the molecule is CNC(=O)c1ccc(CC2CCC([C@H](O)c3ccc(Cl)nc3)N2)cc1. The summed E-state index contributed by atoms with van der Waals surface area (Å²) in [5, 5.41) is 17.1. The number of aromatic nitrogens is 1. The highest BCUT2D eigenvalue weighted by atomic mass is 35.5. The van der Waals surface area contributed by atoms with Crippen molar-refractivity contribution in [2.75, 3.05) is 7.05 Å². The Morgan fingerprint density at radius 1 is 1.32 bits per heavy atom. The molecule has 3 rings (SSSR count). The molecule has 0 spiro atoms. The van der Waals surface area contributed by atoms with E-state index < -0.39 is 6.10 Å². The van der Waals surface area contributed by atoms with E-state index in [0.29, 0.717) is 16.8 Å². The van der Waals surface area contributed by atoms with Gasteiger partial charge in [-0.15, -0.1) is 0 Å². The van der Waals surface area contributed by atoms with Gasteiger partial charge in [0.15, 0.2) is 0 Å². The van der Waals surface area contributed by atoms with Crippen LogP contribution in [-0.4, -0.2) is 35.1 Å². The molecule has 0 radical (unpaired) electrons. The van der Waals surface area contributed by atoms with E-state index in [2.05, 4.69) is 15.6 Å². The van der Waals surface area contributed by atoms with E-state index in [1.165, 1.54) is 5.56 Å². The van der Waals surface area contributed by atoms with Crippen molar-refractivity contribution >= 4 is 17.5 Å². The zero-order valence-corrected chi connectivity index (χ0v) is 14.8. The van der Waals surface area contributed by atoms with E-state index in [-0.39, 0.29) is 11.9 Å². The van der Waals surface area contributed by atoms with E-state index in [1.54, 1.807) is 19.3 Å². The third-order valence-corrected chi connectivity index (χ3v) is 4.90. The first-order chi connectivity index (χ1) is 12.1. The summed E-state index contributed by atoms with van der Waals surface area (Å²) in [5.74, 6) is -0.0784. The molecule has 1 aromatic heterocycles. The number of carbonyl (C=O) groups is 1. The monoisotopic (exact) mass is 359 g/mol. The number of amides is 1. The normalized spacial score (nSPS) is 21.1. The summed E-state index contributed by atoms with van der Waals surface area (Å²) < 4.78 is 0. The van der Waals surface area contributed by atoms with E-state index in [4.69, 9.17) is 11.6 Å². The Kier molecular flexibility index (Phi) is 5.68. The second-order valence-corrected chi connectivity index (χ2v) is 6.77. The minimum absolute atomic E-state index is 0.0121. The van der Waals surface area contributed by atoms with Crippen LogP contribution in [0.5, 0.6) is 0 Å². The lowest BCUT2D eigenvalue weighted by atomic mass is 10.0. The number of halogens is 1. The van der Waals surface area contributed by atoms with Crippen molar-refractivity contribution in [2.24, 2.45) is 0 Å². The molecule has 3 atom stereocenters. The number of nitrogens with one attached hydrogen (secondary N) is 2. The molecule has 1 saturated heterocycles. The number of rotatable bonds is 5. The van der Waals surface area contributed by atoms with E-state index in [0.717, 1.165) is 24.8 Å². The van der Waals surface area contributed by atoms with Gasteiger partial charge in [-0.05, 0) is 43.0 Å². The molecule has 1 fully saturated rings. The Morgan fingerprint density at radius 3 is 2.72 bits per heavy atom. The molecule has 0 saturated carbocycles. The highest BCUT2D eigenvalue weighted by Gasteiger charge is 2.30. The van der Waals surface area contributed by atoms with Gasteiger partial charge >= 0.3 is 0 Å². The Balaban J connectivity index is 1.57. The van der Waals surface area contributed by atoms with Crippen LogP contribution in [-0.2, 0) is 6.42 Å². The van der Waals surface area contributed by atoms with Crippen molar-refractivity contribution in [3.05, 3.63) is 64.4 Å². The van der Waals surface area contributed by atoms with Crippen molar-refractivity contribution in [1.82, 2.24) is 15.6 Å². The largest absolute Gasteiger partial charge is 0.387 e. The van der Waals surface area contributed by atoms with Gasteiger partial charge in [0.05, 0.1) is 6.10 Å². The van der Waals surface area contributed by atoms with Crippen LogP contribution in [0.4, 0.5) is 0 Å². The zero-order chi connectivity index (χ0) is 17.8. The van der Waals surface area contributed by atoms with Crippen molar-refractivity contribution in [1.29, 1.82) is 0 Å². The van der Waals surface area contributed by atoms with Crippen molar-refractivity contribution in [2.45, 2.75) is 37.5 Å². The third kappa shape index (κ3) is 4.37. The minimum Gasteiger partial charge on any atom is -0.387 e. The van der Waals surface area contributed by atoms with Crippen LogP contribution in [0.2, 0.25) is 5.15 Å². The molecule has 1 aliphatic heterocycles. The van der Waals surface area contributed by atoms with Gasteiger partial charge in [0.2, 0.25) is 0 Å². The first kappa shape index (κ1) is 17.9. The second kappa shape index (κ2) is 7.95. The van der Waals surface area contributed by atoms with Crippen molar-refractivity contribution < 1.29 is 9.90 Å². The Labute approximate surface area is 152 Å². The number of benzene rings is 1. The number of aliphatic hydroxyl groups excluding tert-OH is 1. The molecule has 1 aromatic carbocycles. The Hall–Kier alpha value is -1.95. The van der Waals surface area contributed by atoms with Gasteiger partial charge in [0.25, 0.3) is 5.91 Å². The number of hydrogen-bond acceptors (Lipinski definition) is 4. The number of hydrogen-bond donors (Lipinski definition) is 3. The predicted octanol–water partition coefficient (Wildman–Crippen LogP) is 2.49. The maximum atomic E-state index is 11.6. The molecule has 3 N–H and O–H groups in total. The Morgan fingerprint density at radius 2 is 2.08 bits per heavy atom. The standard InChI is InChI=1S/C19H22ClN3O2/c1-21-19(25)13-4-2-12(3-5-13)10-15-7-8-16(23-15)18(24)14-6-9-17(20)22-11-14/h2-6,9,11,15-16,18,23-24H,7-8,10H2,1H3,(H,21,25)/t15?,16?,18-/m1/s1. The lowest BCUT2D eigenvalue weighted by Crippen LogP contribution is -2.35. The summed E-state index contributed by atoms with van der Waals surface area (Å²) >= 11 is 5.80. The predicted molar refractivity (Wildman–Crippen MR) is 97.7 cm³/mol. The summed E-state index contributed by atoms with van der Waals surface area (Å²) in [4.78, 5) is 15.6. The van der Waals surface area contributed by atoms with Gasteiger partial charge < -0.3 is 15.7 Å². The van der Waals surface area contributed by atoms with Crippen LogP contribution < -0.4 is 10.6 Å². The molecule has 0 aliphatic carbocycles. The second-order valence-electron chi connectivity index (χ2n) is 6.39. The highest BCUT2D eigenvalue weighted by Crippen LogP contribution is 2.27. The highest BCUT2D eigenvalue weighted by molar-refractivity contribution is 6.29. The van der Waals surface area contributed by atoms with Gasteiger partial charge in [0, 0.05) is 36.5 Å². The molecule has 0 bridgehead atoms. The van der Waals surface area contributed by atoms with Gasteiger partial charge in [-0.2, -0.15) is 0 Å². The fraction of sp³-hybridized carbons (Fsp3) is 0.368. The molecule has 2 unspecified atom stereocenters. The van der Waals surface area contributed by atoms with Crippen LogP contribution in [0, 0.1) is 0 Å². The molecular weight excluding hydrogens is 338 g/mol. The average Bonchev–Trinajstić information content (AvgIpc) is 3.10. The summed E-state index contributed by atoms with van der Waals surface area (Å²) in [6.45, 7) is 0. The molecule has 1 aliphatic rings. The van der Waals surface area contributed by atoms with E-state index in [1.807, 2.05) is 30.3 Å². The maximum absolute atomic E-state index is 11.6. The smallest absolute Gasteiger partial charge is 0.251 e. The Bertz CT molecular complexity index is 718. The van der Waals surface area contributed by atoms with Crippen molar-refractivity contribution in [3.63, 3.8) is 0 Å². The lowest BCUT2D eigenvalue weighted by molar-refractivity contribution is 0.0963. The third-order valence-electron chi connectivity index (χ3n) is 4.67. The molecular formula is C19H22ClN3O2. The molecule has 132 valence electrons. The summed E-state index contributed by atoms with van der Waals surface area (Å²) in [6, 6.07) is 11.5. The van der Waals surface area contributed by atoms with E-state index in [9.17, 15) is 9.90 Å². The van der Waals surface area contributed by atoms with Gasteiger partial charge in [0.1, 0.15) is 5.15 Å². The molecule has 5 nitrogen and oxygen atoms in total. The topological polar surface area (TPSA) is 74.2 Å². The maximum Gasteiger partial charge on any atom is 0.251 e. The summed E-state index contributed by atoms with van der Waals surface area (Å²) in [6.07, 6.45) is 3.81. The summed E-state index contributed by atoms with van der Waals surface area (Å²) in [5.41, 5.74) is 2.61. The number of carbonyl (C=O) groups excluding carboxylic acids is 1. The van der Waals surface area contributed by atoms with Crippen LogP contribution in [0.25, 0.3) is 0 Å². The van der Waals surface area contributed by atoms with Crippen LogP contribution in [0.15, 0.2) is 42.6 Å². The fourth-order valence-corrected chi connectivity index (χ4v) is 3.39. The fourth-order valence-electron chi connectivity index (χ4n) is 3.28. The van der Waals surface area contributed by atoms with E-state index >= 15 is 0 Å². The summed E-state index contributed by atoms with van der Waals surface area (Å²) in [7, 11) is 1.63. The first-order valence-corrected chi connectivity index (χ1v) is 8.81. The first-order valence-electron chi connectivity index (χ1n) is 8.43. The van der Waals surface area contributed by atoms with Crippen LogP contribution in [0.3, 0.4) is 0 Å². The molecule has 2 aromatic rings. The van der Waals surface area contributed by atoms with Crippen LogP contribution >= 0.6 is 11.6 Å². The molecule has 25 heavy (non-hydrogen) atoms. The average molecular weight is 360 g/mol. The van der Waals surface area contributed by atoms with Gasteiger partial charge in [-0.25, -0.2) is 4.98 Å². The zero-order valence-electron chi connectivity index (χ0n) is 14.1. The molecule has 2 heterocycles. The van der Waals surface area contributed by atoms with Gasteiger partial charge in [-0.3, -0.25) is 4.79 Å². The van der Waals surface area contributed by atoms with Gasteiger partial charge in [-0.1, -0.05) is 29.8 Å².